The molecule has 0 radical (unpaired) electrons. The van der Waals surface area contributed by atoms with Gasteiger partial charge in [0.1, 0.15) is 0 Å². The van der Waals surface area contributed by atoms with E-state index in [1.165, 1.54) is 0 Å². The van der Waals surface area contributed by atoms with Gasteiger partial charge in [0.15, 0.2) is 0 Å². The molecular weight excluding hydrogens is 184 g/mol. The minimum atomic E-state index is -0.935. The average molecular weight is 202 g/mol. The van der Waals surface area contributed by atoms with Crippen molar-refractivity contribution in [3.63, 3.8) is 0 Å². The first-order chi connectivity index (χ1) is 6.41. The predicted octanol–water partition coefficient (Wildman–Crippen LogP) is -0.0956. The zero-order valence-corrected chi connectivity index (χ0v) is 8.69. The molecule has 82 valence electrons. The van der Waals surface area contributed by atoms with E-state index in [1.807, 2.05) is 13.8 Å². The van der Waals surface area contributed by atoms with Gasteiger partial charge in [0.2, 0.25) is 5.91 Å². The number of nitrogens with zero attached hydrogens (tertiary/aromatic N) is 1. The normalized spacial score (nSPS) is 10.9. The van der Waals surface area contributed by atoms with Crippen molar-refractivity contribution < 1.29 is 14.7 Å². The zero-order valence-electron chi connectivity index (χ0n) is 8.69. The van der Waals surface area contributed by atoms with Crippen molar-refractivity contribution >= 4 is 11.9 Å². The van der Waals surface area contributed by atoms with Gasteiger partial charge in [-0.05, 0) is 18.9 Å². The van der Waals surface area contributed by atoms with Crippen LogP contribution in [0.2, 0.25) is 0 Å². The van der Waals surface area contributed by atoms with E-state index in [1.54, 1.807) is 4.90 Å². The molecule has 0 rings (SSSR count). The first-order valence-corrected chi connectivity index (χ1v) is 4.64. The number of aliphatic carboxylic acids is 1. The van der Waals surface area contributed by atoms with E-state index in [0.29, 0.717) is 12.5 Å². The fourth-order valence-electron chi connectivity index (χ4n) is 1.07. The fourth-order valence-corrected chi connectivity index (χ4v) is 1.07. The highest BCUT2D eigenvalue weighted by atomic mass is 16.4. The number of primary amides is 1. The Morgan fingerprint density at radius 3 is 2.29 bits per heavy atom. The SMILES string of the molecule is CC(C)CCN(CC(N)=O)CC(=O)O. The highest BCUT2D eigenvalue weighted by molar-refractivity contribution is 5.77. The van der Waals surface area contributed by atoms with E-state index in [2.05, 4.69) is 0 Å². The molecule has 0 saturated carbocycles. The topological polar surface area (TPSA) is 83.6 Å². The molecule has 0 fully saturated rings. The molecule has 0 atom stereocenters. The number of amides is 1. The first kappa shape index (κ1) is 12.9. The molecule has 0 unspecified atom stereocenters. The molecule has 0 spiro atoms. The minimum absolute atomic E-state index is 0.0129. The molecule has 0 aromatic rings. The summed E-state index contributed by atoms with van der Waals surface area (Å²) >= 11 is 0. The van der Waals surface area contributed by atoms with E-state index in [4.69, 9.17) is 10.8 Å². The van der Waals surface area contributed by atoms with Crippen molar-refractivity contribution in [1.82, 2.24) is 4.90 Å². The van der Waals surface area contributed by atoms with E-state index in [0.717, 1.165) is 6.42 Å². The lowest BCUT2D eigenvalue weighted by molar-refractivity contribution is -0.138. The van der Waals surface area contributed by atoms with Crippen LogP contribution in [0.1, 0.15) is 20.3 Å². The van der Waals surface area contributed by atoms with Gasteiger partial charge in [0.05, 0.1) is 13.1 Å². The van der Waals surface area contributed by atoms with Crippen LogP contribution in [0, 0.1) is 5.92 Å². The van der Waals surface area contributed by atoms with Crippen LogP contribution in [0.15, 0.2) is 0 Å². The number of hydrogen-bond donors (Lipinski definition) is 2. The number of carboxylic acid groups (broad SMARTS) is 1. The Kier molecular flexibility index (Phi) is 5.87. The van der Waals surface area contributed by atoms with Crippen molar-refractivity contribution in [1.29, 1.82) is 0 Å². The minimum Gasteiger partial charge on any atom is -0.480 e. The lowest BCUT2D eigenvalue weighted by Gasteiger charge is -2.19. The third-order valence-electron chi connectivity index (χ3n) is 1.76. The second kappa shape index (κ2) is 6.37. The smallest absolute Gasteiger partial charge is 0.317 e. The van der Waals surface area contributed by atoms with Crippen LogP contribution in [-0.2, 0) is 9.59 Å². The maximum Gasteiger partial charge on any atom is 0.317 e. The Bertz CT molecular complexity index is 188. The first-order valence-electron chi connectivity index (χ1n) is 4.64. The molecule has 1 amide bonds. The third kappa shape index (κ3) is 7.54. The molecular formula is C9H18N2O3. The average Bonchev–Trinajstić information content (AvgIpc) is 1.97. The molecule has 0 aromatic carbocycles. The maximum absolute atomic E-state index is 10.6. The van der Waals surface area contributed by atoms with Crippen LogP contribution in [0.4, 0.5) is 0 Å². The molecule has 0 aliphatic carbocycles. The summed E-state index contributed by atoms with van der Waals surface area (Å²) < 4.78 is 0. The number of rotatable bonds is 7. The Morgan fingerprint density at radius 1 is 1.36 bits per heavy atom. The summed E-state index contributed by atoms with van der Waals surface area (Å²) in [6.07, 6.45) is 0.862. The van der Waals surface area contributed by atoms with Crippen molar-refractivity contribution in [3.05, 3.63) is 0 Å². The molecule has 0 aliphatic heterocycles. The number of nitrogens with two attached hydrogens (primary N) is 1. The van der Waals surface area contributed by atoms with Crippen molar-refractivity contribution in [2.75, 3.05) is 19.6 Å². The van der Waals surface area contributed by atoms with E-state index < -0.39 is 11.9 Å². The van der Waals surface area contributed by atoms with E-state index >= 15 is 0 Å². The van der Waals surface area contributed by atoms with Crippen molar-refractivity contribution in [3.8, 4) is 0 Å². The standard InChI is InChI=1S/C9H18N2O3/c1-7(2)3-4-11(5-8(10)12)6-9(13)14/h7H,3-6H2,1-2H3,(H2,10,12)(H,13,14). The van der Waals surface area contributed by atoms with E-state index in [9.17, 15) is 9.59 Å². The molecule has 5 heteroatoms. The molecule has 5 nitrogen and oxygen atoms in total. The molecule has 0 bridgehead atoms. The number of carbonyl (C=O) groups is 2. The predicted molar refractivity (Wildman–Crippen MR) is 52.7 cm³/mol. The van der Waals surface area contributed by atoms with Gasteiger partial charge < -0.3 is 10.8 Å². The quantitative estimate of drug-likeness (QED) is 0.604. The summed E-state index contributed by atoms with van der Waals surface area (Å²) in [6, 6.07) is 0. The highest BCUT2D eigenvalue weighted by Crippen LogP contribution is 2.01. The zero-order chi connectivity index (χ0) is 11.1. The molecule has 0 heterocycles. The van der Waals surface area contributed by atoms with Crippen LogP contribution >= 0.6 is 0 Å². The van der Waals surface area contributed by atoms with Gasteiger partial charge in [0.25, 0.3) is 0 Å². The second-order valence-corrected chi connectivity index (χ2v) is 3.75. The Labute approximate surface area is 83.9 Å². The van der Waals surface area contributed by atoms with Crippen LogP contribution < -0.4 is 5.73 Å². The fraction of sp³-hybridized carbons (Fsp3) is 0.778. The van der Waals surface area contributed by atoms with Crippen LogP contribution in [0.5, 0.6) is 0 Å². The monoisotopic (exact) mass is 202 g/mol. The Balaban J connectivity index is 3.96. The summed E-state index contributed by atoms with van der Waals surface area (Å²) in [4.78, 5) is 22.6. The molecule has 0 aromatic heterocycles. The van der Waals surface area contributed by atoms with Crippen molar-refractivity contribution in [2.24, 2.45) is 11.7 Å². The summed E-state index contributed by atoms with van der Waals surface area (Å²) in [5.74, 6) is -0.941. The molecule has 0 aliphatic rings. The molecule has 3 N–H and O–H groups in total. The molecule has 0 saturated heterocycles. The van der Waals surface area contributed by atoms with Gasteiger partial charge in [-0.1, -0.05) is 13.8 Å². The summed E-state index contributed by atoms with van der Waals surface area (Å²) in [7, 11) is 0. The Morgan fingerprint density at radius 2 is 1.93 bits per heavy atom. The largest absolute Gasteiger partial charge is 0.480 e. The summed E-state index contributed by atoms with van der Waals surface area (Å²) in [6.45, 7) is 4.56. The summed E-state index contributed by atoms with van der Waals surface area (Å²) in [5.41, 5.74) is 5.00. The molecule has 14 heavy (non-hydrogen) atoms. The van der Waals surface area contributed by atoms with Crippen LogP contribution in [-0.4, -0.2) is 41.5 Å². The van der Waals surface area contributed by atoms with Gasteiger partial charge in [-0.3, -0.25) is 14.5 Å². The number of hydrogen-bond acceptors (Lipinski definition) is 3. The van der Waals surface area contributed by atoms with Crippen LogP contribution in [0.25, 0.3) is 0 Å². The maximum atomic E-state index is 10.6. The lowest BCUT2D eigenvalue weighted by atomic mass is 10.1. The van der Waals surface area contributed by atoms with Gasteiger partial charge in [-0.25, -0.2) is 0 Å². The van der Waals surface area contributed by atoms with Gasteiger partial charge in [0, 0.05) is 0 Å². The van der Waals surface area contributed by atoms with Crippen LogP contribution in [0.3, 0.4) is 0 Å². The summed E-state index contributed by atoms with van der Waals surface area (Å²) in [5, 5.41) is 8.57. The number of carbonyl (C=O) groups excluding carboxylic acids is 1. The van der Waals surface area contributed by atoms with Crippen molar-refractivity contribution in [2.45, 2.75) is 20.3 Å². The Hall–Kier alpha value is -1.10. The number of carboxylic acids is 1. The van der Waals surface area contributed by atoms with Gasteiger partial charge >= 0.3 is 5.97 Å². The van der Waals surface area contributed by atoms with Gasteiger partial charge in [-0.2, -0.15) is 0 Å². The van der Waals surface area contributed by atoms with E-state index in [-0.39, 0.29) is 13.1 Å². The lowest BCUT2D eigenvalue weighted by Crippen LogP contribution is -2.38. The second-order valence-electron chi connectivity index (χ2n) is 3.75. The highest BCUT2D eigenvalue weighted by Gasteiger charge is 2.12. The third-order valence-corrected chi connectivity index (χ3v) is 1.76. The van der Waals surface area contributed by atoms with Gasteiger partial charge in [-0.15, -0.1) is 0 Å².